The van der Waals surface area contributed by atoms with Crippen LogP contribution < -0.4 is 10.2 Å². The molecule has 0 spiro atoms. The fourth-order valence-electron chi connectivity index (χ4n) is 1.87. The van der Waals surface area contributed by atoms with E-state index in [9.17, 15) is 4.79 Å². The second kappa shape index (κ2) is 8.54. The molecule has 1 amide bonds. The third-order valence-electron chi connectivity index (χ3n) is 3.04. The van der Waals surface area contributed by atoms with E-state index < -0.39 is 0 Å². The molecule has 4 nitrogen and oxygen atoms in total. The second-order valence-corrected chi connectivity index (χ2v) is 5.19. The first-order chi connectivity index (χ1) is 11.1. The highest BCUT2D eigenvalue weighted by Crippen LogP contribution is 2.10. The predicted octanol–water partition coefficient (Wildman–Crippen LogP) is 3.58. The molecule has 0 atom stereocenters. The lowest BCUT2D eigenvalue weighted by Crippen LogP contribution is -2.24. The standard InChI is InChI=1S/C19H20N2O2/c1-15-8-10-18(11-9-15)23-14-19(22)21-20-13-16(2)12-17-6-4-3-5-7-17/h3-13H,14H2,1-2H3,(H,21,22). The molecule has 1 N–H and O–H groups in total. The molecule has 0 aliphatic rings. The van der Waals surface area contributed by atoms with Crippen molar-refractivity contribution in [1.29, 1.82) is 0 Å². The van der Waals surface area contributed by atoms with Gasteiger partial charge in [-0.1, -0.05) is 54.1 Å². The summed E-state index contributed by atoms with van der Waals surface area (Å²) in [5.41, 5.74) is 5.62. The zero-order valence-electron chi connectivity index (χ0n) is 13.3. The van der Waals surface area contributed by atoms with Crippen LogP contribution >= 0.6 is 0 Å². The van der Waals surface area contributed by atoms with Gasteiger partial charge in [0.05, 0.1) is 6.21 Å². The Labute approximate surface area is 136 Å². The summed E-state index contributed by atoms with van der Waals surface area (Å²) >= 11 is 0. The van der Waals surface area contributed by atoms with Gasteiger partial charge in [-0.2, -0.15) is 5.10 Å². The Morgan fingerprint density at radius 3 is 2.52 bits per heavy atom. The van der Waals surface area contributed by atoms with Gasteiger partial charge >= 0.3 is 0 Å². The van der Waals surface area contributed by atoms with Crippen LogP contribution in [0.25, 0.3) is 6.08 Å². The molecule has 0 unspecified atom stereocenters. The topological polar surface area (TPSA) is 50.7 Å². The number of nitrogens with one attached hydrogen (secondary N) is 1. The molecular formula is C19H20N2O2. The van der Waals surface area contributed by atoms with Crippen LogP contribution in [0.2, 0.25) is 0 Å². The third kappa shape index (κ3) is 6.18. The molecule has 23 heavy (non-hydrogen) atoms. The van der Waals surface area contributed by atoms with Crippen molar-refractivity contribution in [3.8, 4) is 5.75 Å². The number of hydrogen-bond acceptors (Lipinski definition) is 3. The summed E-state index contributed by atoms with van der Waals surface area (Å²) in [6.45, 7) is 3.85. The molecule has 0 aliphatic carbocycles. The van der Waals surface area contributed by atoms with Crippen LogP contribution in [0, 0.1) is 6.92 Å². The van der Waals surface area contributed by atoms with Crippen molar-refractivity contribution in [2.45, 2.75) is 13.8 Å². The number of ether oxygens (including phenoxy) is 1. The zero-order valence-corrected chi connectivity index (χ0v) is 13.3. The smallest absolute Gasteiger partial charge is 0.277 e. The maximum absolute atomic E-state index is 11.7. The Morgan fingerprint density at radius 1 is 1.13 bits per heavy atom. The van der Waals surface area contributed by atoms with Gasteiger partial charge in [0.1, 0.15) is 5.75 Å². The minimum Gasteiger partial charge on any atom is -0.484 e. The number of carbonyl (C=O) groups is 1. The third-order valence-corrected chi connectivity index (χ3v) is 3.04. The maximum atomic E-state index is 11.7. The molecule has 0 fully saturated rings. The molecule has 0 aromatic heterocycles. The molecule has 4 heteroatoms. The molecule has 0 bridgehead atoms. The number of nitrogens with zero attached hydrogens (tertiary/aromatic N) is 1. The van der Waals surface area contributed by atoms with Crippen LogP contribution in [0.3, 0.4) is 0 Å². The largest absolute Gasteiger partial charge is 0.484 e. The van der Waals surface area contributed by atoms with Crippen LogP contribution in [-0.4, -0.2) is 18.7 Å². The molecule has 118 valence electrons. The average Bonchev–Trinajstić information content (AvgIpc) is 2.55. The van der Waals surface area contributed by atoms with Gasteiger partial charge in [0.15, 0.2) is 6.61 Å². The molecule has 0 radical (unpaired) electrons. The number of rotatable bonds is 6. The van der Waals surface area contributed by atoms with Crippen molar-refractivity contribution in [3.05, 3.63) is 71.3 Å². The number of benzene rings is 2. The first-order valence-electron chi connectivity index (χ1n) is 7.38. The Hall–Kier alpha value is -2.88. The van der Waals surface area contributed by atoms with Crippen LogP contribution in [0.5, 0.6) is 5.75 Å². The number of carbonyl (C=O) groups excluding carboxylic acids is 1. The molecule has 2 aromatic rings. The normalized spacial score (nSPS) is 11.5. The summed E-state index contributed by atoms with van der Waals surface area (Å²) in [5.74, 6) is 0.365. The Balaban J connectivity index is 1.77. The van der Waals surface area contributed by atoms with E-state index >= 15 is 0 Å². The Morgan fingerprint density at radius 2 is 1.83 bits per heavy atom. The molecule has 2 aromatic carbocycles. The van der Waals surface area contributed by atoms with E-state index in [1.165, 1.54) is 0 Å². The van der Waals surface area contributed by atoms with E-state index in [0.29, 0.717) is 5.75 Å². The van der Waals surface area contributed by atoms with Crippen LogP contribution in [0.15, 0.2) is 65.3 Å². The van der Waals surface area contributed by atoms with Crippen molar-refractivity contribution in [3.63, 3.8) is 0 Å². The summed E-state index contributed by atoms with van der Waals surface area (Å²) in [7, 11) is 0. The Kier molecular flexibility index (Phi) is 6.12. The van der Waals surface area contributed by atoms with Crippen molar-refractivity contribution in [1.82, 2.24) is 5.43 Å². The first kappa shape index (κ1) is 16.5. The molecule has 2 rings (SSSR count). The summed E-state index contributed by atoms with van der Waals surface area (Å²) < 4.78 is 5.38. The molecule has 0 saturated heterocycles. The highest BCUT2D eigenvalue weighted by molar-refractivity contribution is 5.86. The molecule has 0 aliphatic heterocycles. The number of amides is 1. The van der Waals surface area contributed by atoms with Crippen LogP contribution in [-0.2, 0) is 4.79 Å². The first-order valence-corrected chi connectivity index (χ1v) is 7.38. The minimum absolute atomic E-state index is 0.0676. The van der Waals surface area contributed by atoms with E-state index in [4.69, 9.17) is 4.74 Å². The maximum Gasteiger partial charge on any atom is 0.277 e. The summed E-state index contributed by atoms with van der Waals surface area (Å²) in [5, 5.41) is 3.92. The van der Waals surface area contributed by atoms with Crippen molar-refractivity contribution in [2.75, 3.05) is 6.61 Å². The lowest BCUT2D eigenvalue weighted by molar-refractivity contribution is -0.123. The van der Waals surface area contributed by atoms with E-state index in [1.807, 2.05) is 74.5 Å². The van der Waals surface area contributed by atoms with Gasteiger partial charge < -0.3 is 4.74 Å². The summed E-state index contributed by atoms with van der Waals surface area (Å²) in [6.07, 6.45) is 3.59. The van der Waals surface area contributed by atoms with Gasteiger partial charge in [-0.3, -0.25) is 4.79 Å². The Bertz CT molecular complexity index is 689. The van der Waals surface area contributed by atoms with Crippen LogP contribution in [0.4, 0.5) is 0 Å². The molecular weight excluding hydrogens is 288 g/mol. The lowest BCUT2D eigenvalue weighted by Gasteiger charge is -2.05. The highest BCUT2D eigenvalue weighted by atomic mass is 16.5. The average molecular weight is 308 g/mol. The quantitative estimate of drug-likeness (QED) is 0.655. The van der Waals surface area contributed by atoms with E-state index in [2.05, 4.69) is 10.5 Å². The number of allylic oxidation sites excluding steroid dienone is 1. The van der Waals surface area contributed by atoms with Gasteiger partial charge in [-0.25, -0.2) is 5.43 Å². The van der Waals surface area contributed by atoms with Crippen molar-refractivity contribution in [2.24, 2.45) is 5.10 Å². The zero-order chi connectivity index (χ0) is 16.5. The van der Waals surface area contributed by atoms with Gasteiger partial charge in [0.2, 0.25) is 0 Å². The molecule has 0 heterocycles. The summed E-state index contributed by atoms with van der Waals surface area (Å²) in [6, 6.07) is 17.5. The number of hydrazone groups is 1. The van der Waals surface area contributed by atoms with Crippen LogP contribution in [0.1, 0.15) is 18.1 Å². The summed E-state index contributed by atoms with van der Waals surface area (Å²) in [4.78, 5) is 11.7. The lowest BCUT2D eigenvalue weighted by atomic mass is 10.1. The monoisotopic (exact) mass is 308 g/mol. The fraction of sp³-hybridized carbons (Fsp3) is 0.158. The predicted molar refractivity (Wildman–Crippen MR) is 93.4 cm³/mol. The van der Waals surface area contributed by atoms with Gasteiger partial charge in [-0.15, -0.1) is 0 Å². The van der Waals surface area contributed by atoms with E-state index in [1.54, 1.807) is 6.21 Å². The van der Waals surface area contributed by atoms with E-state index in [0.717, 1.165) is 16.7 Å². The molecule has 0 saturated carbocycles. The van der Waals surface area contributed by atoms with Gasteiger partial charge in [0, 0.05) is 0 Å². The number of aryl methyl sites for hydroxylation is 1. The highest BCUT2D eigenvalue weighted by Gasteiger charge is 2.00. The SMILES string of the molecule is CC(C=NNC(=O)COc1ccc(C)cc1)=Cc1ccccc1. The van der Waals surface area contributed by atoms with Crippen molar-refractivity contribution >= 4 is 18.2 Å². The van der Waals surface area contributed by atoms with E-state index in [-0.39, 0.29) is 12.5 Å². The van der Waals surface area contributed by atoms with Gasteiger partial charge in [0.25, 0.3) is 5.91 Å². The minimum atomic E-state index is -0.297. The van der Waals surface area contributed by atoms with Crippen molar-refractivity contribution < 1.29 is 9.53 Å². The fourth-order valence-corrected chi connectivity index (χ4v) is 1.87. The number of hydrogen-bond donors (Lipinski definition) is 1. The second-order valence-electron chi connectivity index (χ2n) is 5.19. The van der Waals surface area contributed by atoms with Gasteiger partial charge in [-0.05, 0) is 37.1 Å².